The number of rotatable bonds is 4. The first-order valence-electron chi connectivity index (χ1n) is 6.54. The van der Waals surface area contributed by atoms with Crippen LogP contribution in [0.25, 0.3) is 0 Å². The summed E-state index contributed by atoms with van der Waals surface area (Å²) in [6.07, 6.45) is 2.61. The Morgan fingerprint density at radius 1 is 1.58 bits per heavy atom. The first-order valence-corrected chi connectivity index (χ1v) is 6.92. The largest absolute Gasteiger partial charge is 0.325 e. The first kappa shape index (κ1) is 14.3. The van der Waals surface area contributed by atoms with Gasteiger partial charge in [-0.2, -0.15) is 0 Å². The molecule has 1 aromatic rings. The third-order valence-corrected chi connectivity index (χ3v) is 3.94. The van der Waals surface area contributed by atoms with Gasteiger partial charge < -0.3 is 10.6 Å². The number of carbonyl (C=O) groups excluding carboxylic acids is 1. The zero-order valence-corrected chi connectivity index (χ0v) is 11.7. The van der Waals surface area contributed by atoms with Crippen molar-refractivity contribution < 1.29 is 9.18 Å². The lowest BCUT2D eigenvalue weighted by Gasteiger charge is -2.26. The van der Waals surface area contributed by atoms with E-state index in [2.05, 4.69) is 17.6 Å². The molecule has 0 aromatic heterocycles. The lowest BCUT2D eigenvalue weighted by Crippen LogP contribution is -2.38. The fraction of sp³-hybridized carbons (Fsp3) is 0.500. The average Bonchev–Trinajstić information content (AvgIpc) is 2.84. The molecule has 2 N–H and O–H groups in total. The number of benzene rings is 1. The Morgan fingerprint density at radius 3 is 2.95 bits per heavy atom. The maximum Gasteiger partial charge on any atom is 0.231 e. The molecule has 1 aliphatic rings. The van der Waals surface area contributed by atoms with Crippen LogP contribution in [0.2, 0.25) is 5.02 Å². The predicted molar refractivity (Wildman–Crippen MR) is 74.9 cm³/mol. The number of anilines is 1. The zero-order valence-electron chi connectivity index (χ0n) is 10.9. The second-order valence-corrected chi connectivity index (χ2v) is 5.45. The second kappa shape index (κ2) is 5.88. The highest BCUT2D eigenvalue weighted by Gasteiger charge is 2.40. The van der Waals surface area contributed by atoms with Crippen LogP contribution in [-0.2, 0) is 4.79 Å². The molecular formula is C14H18ClFN2O. The van der Waals surface area contributed by atoms with Crippen LogP contribution >= 0.6 is 11.6 Å². The smallest absolute Gasteiger partial charge is 0.231 e. The summed E-state index contributed by atoms with van der Waals surface area (Å²) in [6, 6.07) is 4.32. The van der Waals surface area contributed by atoms with E-state index in [1.807, 2.05) is 0 Å². The van der Waals surface area contributed by atoms with E-state index in [0.717, 1.165) is 25.8 Å². The fourth-order valence-electron chi connectivity index (χ4n) is 2.58. The summed E-state index contributed by atoms with van der Waals surface area (Å²) in [5.41, 5.74) is 0.0829. The van der Waals surface area contributed by atoms with Crippen molar-refractivity contribution >= 4 is 23.2 Å². The Morgan fingerprint density at radius 2 is 2.37 bits per heavy atom. The summed E-state index contributed by atoms with van der Waals surface area (Å²) in [5.74, 6) is -0.561. The zero-order chi connectivity index (χ0) is 13.9. The van der Waals surface area contributed by atoms with Gasteiger partial charge in [0.1, 0.15) is 5.82 Å². The molecule has 1 fully saturated rings. The molecule has 19 heavy (non-hydrogen) atoms. The Balaban J connectivity index is 2.12. The van der Waals surface area contributed by atoms with Gasteiger partial charge in [-0.05, 0) is 37.6 Å². The number of nitrogens with one attached hydrogen (secondary N) is 2. The van der Waals surface area contributed by atoms with Crippen molar-refractivity contribution in [2.24, 2.45) is 5.41 Å². The monoisotopic (exact) mass is 284 g/mol. The summed E-state index contributed by atoms with van der Waals surface area (Å²) in [4.78, 5) is 12.4. The molecule has 1 heterocycles. The van der Waals surface area contributed by atoms with Crippen LogP contribution in [0.4, 0.5) is 10.1 Å². The van der Waals surface area contributed by atoms with E-state index in [1.165, 1.54) is 12.1 Å². The molecule has 1 saturated heterocycles. The minimum absolute atomic E-state index is 0.0407. The van der Waals surface area contributed by atoms with Gasteiger partial charge >= 0.3 is 0 Å². The topological polar surface area (TPSA) is 41.1 Å². The summed E-state index contributed by atoms with van der Waals surface area (Å²) < 4.78 is 13.4. The van der Waals surface area contributed by atoms with Gasteiger partial charge in [0.15, 0.2) is 0 Å². The quantitative estimate of drug-likeness (QED) is 0.891. The number of hydrogen-bond acceptors (Lipinski definition) is 2. The van der Waals surface area contributed by atoms with Crippen molar-refractivity contribution in [2.75, 3.05) is 18.4 Å². The minimum atomic E-state index is -0.520. The van der Waals surface area contributed by atoms with Crippen LogP contribution in [0.1, 0.15) is 26.2 Å². The molecule has 3 nitrogen and oxygen atoms in total. The van der Waals surface area contributed by atoms with Crippen molar-refractivity contribution in [2.45, 2.75) is 26.2 Å². The Kier molecular flexibility index (Phi) is 4.42. The molecule has 0 radical (unpaired) electrons. The molecule has 0 spiro atoms. The van der Waals surface area contributed by atoms with Gasteiger partial charge in [0.05, 0.1) is 10.4 Å². The van der Waals surface area contributed by atoms with Crippen LogP contribution in [0.5, 0.6) is 0 Å². The molecule has 0 bridgehead atoms. The average molecular weight is 285 g/mol. The van der Waals surface area contributed by atoms with E-state index < -0.39 is 5.82 Å². The van der Waals surface area contributed by atoms with Gasteiger partial charge in [-0.3, -0.25) is 4.79 Å². The highest BCUT2D eigenvalue weighted by atomic mass is 35.5. The van der Waals surface area contributed by atoms with Crippen LogP contribution < -0.4 is 10.6 Å². The van der Waals surface area contributed by atoms with Crippen molar-refractivity contribution in [3.63, 3.8) is 0 Å². The molecule has 0 saturated carbocycles. The predicted octanol–water partition coefficient (Wildman–Crippen LogP) is 3.20. The maximum atomic E-state index is 13.4. The lowest BCUT2D eigenvalue weighted by molar-refractivity contribution is -0.125. The van der Waals surface area contributed by atoms with E-state index >= 15 is 0 Å². The van der Waals surface area contributed by atoms with Crippen LogP contribution in [0, 0.1) is 11.2 Å². The molecule has 1 amide bonds. The van der Waals surface area contributed by atoms with E-state index in [0.29, 0.717) is 12.2 Å². The summed E-state index contributed by atoms with van der Waals surface area (Å²) >= 11 is 5.62. The van der Waals surface area contributed by atoms with Crippen LogP contribution in [-0.4, -0.2) is 19.0 Å². The van der Waals surface area contributed by atoms with Crippen LogP contribution in [0.3, 0.4) is 0 Å². The van der Waals surface area contributed by atoms with Crippen molar-refractivity contribution in [3.8, 4) is 0 Å². The molecule has 104 valence electrons. The van der Waals surface area contributed by atoms with Gasteiger partial charge in [-0.1, -0.05) is 24.9 Å². The molecule has 0 aliphatic carbocycles. The van der Waals surface area contributed by atoms with E-state index in [9.17, 15) is 9.18 Å². The van der Waals surface area contributed by atoms with E-state index in [-0.39, 0.29) is 16.3 Å². The van der Waals surface area contributed by atoms with E-state index in [4.69, 9.17) is 11.6 Å². The normalized spacial score (nSPS) is 22.5. The molecule has 1 unspecified atom stereocenters. The SMILES string of the molecule is CCCC1(C(=O)Nc2ccc(Cl)c(F)c2)CCNC1. The molecule has 5 heteroatoms. The van der Waals surface area contributed by atoms with Gasteiger partial charge in [0.25, 0.3) is 0 Å². The Bertz CT molecular complexity index is 473. The Labute approximate surface area is 117 Å². The maximum absolute atomic E-state index is 13.4. The number of amides is 1. The fourth-order valence-corrected chi connectivity index (χ4v) is 2.70. The molecule has 2 rings (SSSR count). The summed E-state index contributed by atoms with van der Waals surface area (Å²) in [7, 11) is 0. The molecule has 1 atom stereocenters. The van der Waals surface area contributed by atoms with Crippen molar-refractivity contribution in [3.05, 3.63) is 29.0 Å². The highest BCUT2D eigenvalue weighted by Crippen LogP contribution is 2.32. The van der Waals surface area contributed by atoms with Gasteiger partial charge in [-0.25, -0.2) is 4.39 Å². The van der Waals surface area contributed by atoms with Crippen LogP contribution in [0.15, 0.2) is 18.2 Å². The summed E-state index contributed by atoms with van der Waals surface area (Å²) in [6.45, 7) is 3.60. The highest BCUT2D eigenvalue weighted by molar-refractivity contribution is 6.30. The van der Waals surface area contributed by atoms with Gasteiger partial charge in [0.2, 0.25) is 5.91 Å². The standard InChI is InChI=1S/C14H18ClFN2O/c1-2-5-14(6-7-17-9-14)13(19)18-10-3-4-11(15)12(16)8-10/h3-4,8,17H,2,5-7,9H2,1H3,(H,18,19). The minimum Gasteiger partial charge on any atom is -0.325 e. The molecular weight excluding hydrogens is 267 g/mol. The van der Waals surface area contributed by atoms with Crippen molar-refractivity contribution in [1.82, 2.24) is 5.32 Å². The van der Waals surface area contributed by atoms with E-state index in [1.54, 1.807) is 6.07 Å². The third kappa shape index (κ3) is 3.07. The Hall–Kier alpha value is -1.13. The van der Waals surface area contributed by atoms with Gasteiger partial charge in [0, 0.05) is 12.2 Å². The number of carbonyl (C=O) groups is 1. The summed E-state index contributed by atoms with van der Waals surface area (Å²) in [5, 5.41) is 6.09. The second-order valence-electron chi connectivity index (χ2n) is 5.04. The number of hydrogen-bond donors (Lipinski definition) is 2. The lowest BCUT2D eigenvalue weighted by atomic mass is 9.81. The number of halogens is 2. The molecule has 1 aliphatic heterocycles. The van der Waals surface area contributed by atoms with Crippen molar-refractivity contribution in [1.29, 1.82) is 0 Å². The third-order valence-electron chi connectivity index (χ3n) is 3.63. The molecule has 1 aromatic carbocycles. The first-order chi connectivity index (χ1) is 9.07. The van der Waals surface area contributed by atoms with Gasteiger partial charge in [-0.15, -0.1) is 0 Å².